The van der Waals surface area contributed by atoms with Crippen molar-refractivity contribution in [3.05, 3.63) is 83.4 Å². The van der Waals surface area contributed by atoms with Crippen molar-refractivity contribution >= 4 is 40.6 Å². The van der Waals surface area contributed by atoms with Crippen molar-refractivity contribution in [2.75, 3.05) is 24.2 Å². The molecule has 0 fully saturated rings. The fourth-order valence-electron chi connectivity index (χ4n) is 3.34. The Labute approximate surface area is 196 Å². The molecule has 0 spiro atoms. The van der Waals surface area contributed by atoms with E-state index in [0.717, 1.165) is 16.8 Å². The van der Waals surface area contributed by atoms with Gasteiger partial charge in [-0.15, -0.1) is 0 Å². The topological polar surface area (TPSA) is 61.4 Å². The van der Waals surface area contributed by atoms with Gasteiger partial charge in [0, 0.05) is 23.3 Å². The Morgan fingerprint density at radius 1 is 0.939 bits per heavy atom. The molecule has 3 aromatic carbocycles. The summed E-state index contributed by atoms with van der Waals surface area (Å²) in [6.07, 6.45) is 0. The van der Waals surface area contributed by atoms with Crippen molar-refractivity contribution in [2.24, 2.45) is 0 Å². The van der Waals surface area contributed by atoms with Crippen LogP contribution in [0.3, 0.4) is 0 Å². The van der Waals surface area contributed by atoms with Crippen LogP contribution in [0.2, 0.25) is 0 Å². The molecule has 0 aromatic heterocycles. The highest BCUT2D eigenvalue weighted by atomic mass is 32.2. The summed E-state index contributed by atoms with van der Waals surface area (Å²) in [4.78, 5) is 27.4. The number of thioether (sulfide) groups is 1. The largest absolute Gasteiger partial charge is 0.355 e. The molecule has 2 N–H and O–H groups in total. The maximum absolute atomic E-state index is 13.1. The van der Waals surface area contributed by atoms with Crippen molar-refractivity contribution < 1.29 is 18.4 Å². The molecule has 3 aromatic rings. The molecule has 5 nitrogen and oxygen atoms in total. The highest BCUT2D eigenvalue weighted by Crippen LogP contribution is 2.28. The molecule has 0 aliphatic carbocycles. The summed E-state index contributed by atoms with van der Waals surface area (Å²) in [5.74, 6) is -3.09. The third-order valence-corrected chi connectivity index (χ3v) is 5.71. The van der Waals surface area contributed by atoms with Crippen LogP contribution in [0.1, 0.15) is 21.5 Å². The van der Waals surface area contributed by atoms with Gasteiger partial charge in [0.05, 0.1) is 17.8 Å². The standard InChI is InChI=1S/C25H25F2N3O2S/c1-16-7-6-8-17(2)23(16)29-22(31)15-30(3)24(32)20-9-4-5-10-21(20)28-18-11-13-19(14-12-18)33-25(26)27/h4-14,25,28H,15H2,1-3H3,(H,29,31). The normalized spacial score (nSPS) is 10.7. The van der Waals surface area contributed by atoms with Gasteiger partial charge in [0.1, 0.15) is 0 Å². The number of hydrogen-bond donors (Lipinski definition) is 2. The van der Waals surface area contributed by atoms with Crippen LogP contribution in [0.25, 0.3) is 0 Å². The van der Waals surface area contributed by atoms with E-state index in [1.165, 1.54) is 4.90 Å². The van der Waals surface area contributed by atoms with Gasteiger partial charge in [-0.05, 0) is 61.4 Å². The molecule has 0 bridgehead atoms. The number of amides is 2. The van der Waals surface area contributed by atoms with Crippen molar-refractivity contribution in [1.82, 2.24) is 4.90 Å². The molecule has 0 saturated heterocycles. The average molecular weight is 470 g/mol. The van der Waals surface area contributed by atoms with Gasteiger partial charge in [0.15, 0.2) is 0 Å². The molecule has 3 rings (SSSR count). The Morgan fingerprint density at radius 2 is 1.58 bits per heavy atom. The van der Waals surface area contributed by atoms with E-state index in [1.807, 2.05) is 32.0 Å². The van der Waals surface area contributed by atoms with Gasteiger partial charge in [-0.25, -0.2) is 0 Å². The average Bonchev–Trinajstić information content (AvgIpc) is 2.77. The summed E-state index contributed by atoms with van der Waals surface area (Å²) >= 11 is 0.473. The minimum Gasteiger partial charge on any atom is -0.355 e. The van der Waals surface area contributed by atoms with Crippen LogP contribution >= 0.6 is 11.8 Å². The Morgan fingerprint density at radius 3 is 2.21 bits per heavy atom. The Balaban J connectivity index is 1.69. The van der Waals surface area contributed by atoms with Crippen molar-refractivity contribution in [2.45, 2.75) is 24.5 Å². The van der Waals surface area contributed by atoms with E-state index >= 15 is 0 Å². The number of hydrogen-bond acceptors (Lipinski definition) is 4. The zero-order valence-corrected chi connectivity index (χ0v) is 19.4. The van der Waals surface area contributed by atoms with Gasteiger partial charge in [-0.3, -0.25) is 9.59 Å². The molecule has 33 heavy (non-hydrogen) atoms. The van der Waals surface area contributed by atoms with Gasteiger partial charge in [0.2, 0.25) is 5.91 Å². The summed E-state index contributed by atoms with van der Waals surface area (Å²) in [6, 6.07) is 19.2. The van der Waals surface area contributed by atoms with E-state index in [4.69, 9.17) is 0 Å². The molecule has 8 heteroatoms. The molecule has 0 aliphatic rings. The van der Waals surface area contributed by atoms with Crippen molar-refractivity contribution in [1.29, 1.82) is 0 Å². The van der Waals surface area contributed by atoms with E-state index < -0.39 is 5.76 Å². The molecule has 2 amide bonds. The number of anilines is 3. The molecule has 0 aliphatic heterocycles. The summed E-state index contributed by atoms with van der Waals surface area (Å²) < 4.78 is 25.0. The Bertz CT molecular complexity index is 1120. The number of carbonyl (C=O) groups is 2. The maximum Gasteiger partial charge on any atom is 0.288 e. The third kappa shape index (κ3) is 6.55. The molecule has 0 atom stereocenters. The number of nitrogens with one attached hydrogen (secondary N) is 2. The first kappa shape index (κ1) is 24.3. The van der Waals surface area contributed by atoms with Crippen LogP contribution in [0.15, 0.2) is 71.6 Å². The lowest BCUT2D eigenvalue weighted by molar-refractivity contribution is -0.116. The number of alkyl halides is 2. The second-order valence-corrected chi connectivity index (χ2v) is 8.61. The van der Waals surface area contributed by atoms with Gasteiger partial charge in [-0.2, -0.15) is 8.78 Å². The van der Waals surface area contributed by atoms with E-state index in [2.05, 4.69) is 10.6 Å². The number of likely N-dealkylation sites (N-methyl/N-ethyl adjacent to an activating group) is 1. The fourth-order valence-corrected chi connectivity index (χ4v) is 3.84. The summed E-state index contributed by atoms with van der Waals surface area (Å²) in [7, 11) is 1.57. The lowest BCUT2D eigenvalue weighted by atomic mass is 10.1. The zero-order valence-electron chi connectivity index (χ0n) is 18.6. The highest BCUT2D eigenvalue weighted by molar-refractivity contribution is 7.99. The molecule has 0 unspecified atom stereocenters. The highest BCUT2D eigenvalue weighted by Gasteiger charge is 2.19. The first-order valence-corrected chi connectivity index (χ1v) is 11.1. The smallest absolute Gasteiger partial charge is 0.288 e. The maximum atomic E-state index is 13.1. The van der Waals surface area contributed by atoms with Crippen LogP contribution < -0.4 is 10.6 Å². The van der Waals surface area contributed by atoms with Crippen LogP contribution in [0.5, 0.6) is 0 Å². The number of benzene rings is 3. The van der Waals surface area contributed by atoms with Crippen LogP contribution in [0.4, 0.5) is 25.8 Å². The van der Waals surface area contributed by atoms with Gasteiger partial charge in [-0.1, -0.05) is 42.1 Å². The second-order valence-electron chi connectivity index (χ2n) is 7.55. The van der Waals surface area contributed by atoms with Crippen LogP contribution in [-0.2, 0) is 4.79 Å². The number of para-hydroxylation sites is 2. The number of nitrogens with zero attached hydrogens (tertiary/aromatic N) is 1. The summed E-state index contributed by atoms with van der Waals surface area (Å²) in [6.45, 7) is 3.72. The SMILES string of the molecule is Cc1cccc(C)c1NC(=O)CN(C)C(=O)c1ccccc1Nc1ccc(SC(F)F)cc1. The quantitative estimate of drug-likeness (QED) is 0.393. The van der Waals surface area contributed by atoms with E-state index in [-0.39, 0.29) is 18.4 Å². The number of carbonyl (C=O) groups excluding carboxylic acids is 2. The van der Waals surface area contributed by atoms with E-state index in [0.29, 0.717) is 33.6 Å². The van der Waals surface area contributed by atoms with Gasteiger partial charge in [0.25, 0.3) is 11.7 Å². The van der Waals surface area contributed by atoms with Crippen LogP contribution in [-0.4, -0.2) is 36.1 Å². The molecule has 0 heterocycles. The number of rotatable bonds is 8. The van der Waals surface area contributed by atoms with E-state index in [1.54, 1.807) is 55.6 Å². The predicted molar refractivity (Wildman–Crippen MR) is 130 cm³/mol. The minimum absolute atomic E-state index is 0.111. The fraction of sp³-hybridized carbons (Fsp3) is 0.200. The lowest BCUT2D eigenvalue weighted by Gasteiger charge is -2.20. The van der Waals surface area contributed by atoms with Crippen LogP contribution in [0, 0.1) is 13.8 Å². The second kappa shape index (κ2) is 11.0. The van der Waals surface area contributed by atoms with Crippen molar-refractivity contribution in [3.63, 3.8) is 0 Å². The molecule has 172 valence electrons. The van der Waals surface area contributed by atoms with Gasteiger partial charge < -0.3 is 15.5 Å². The molecular weight excluding hydrogens is 444 g/mol. The van der Waals surface area contributed by atoms with Gasteiger partial charge >= 0.3 is 0 Å². The third-order valence-electron chi connectivity index (χ3n) is 4.99. The molecular formula is C25H25F2N3O2S. The summed E-state index contributed by atoms with van der Waals surface area (Å²) in [5.41, 5.74) is 4.25. The lowest BCUT2D eigenvalue weighted by Crippen LogP contribution is -2.35. The predicted octanol–water partition coefficient (Wildman–Crippen LogP) is 6.07. The Hall–Kier alpha value is -3.39. The molecule has 0 radical (unpaired) electrons. The molecule has 0 saturated carbocycles. The minimum atomic E-state index is -2.48. The van der Waals surface area contributed by atoms with Crippen molar-refractivity contribution in [3.8, 4) is 0 Å². The van der Waals surface area contributed by atoms with E-state index in [9.17, 15) is 18.4 Å². The number of halogens is 2. The monoisotopic (exact) mass is 469 g/mol. The first-order chi connectivity index (χ1) is 15.7. The first-order valence-electron chi connectivity index (χ1n) is 10.3. The number of aryl methyl sites for hydroxylation is 2. The Kier molecular flexibility index (Phi) is 8.06. The summed E-state index contributed by atoms with van der Waals surface area (Å²) in [5, 5.41) is 6.04. The zero-order chi connectivity index (χ0) is 24.0.